The molecular formula is C9H22N2. The van der Waals surface area contributed by atoms with Gasteiger partial charge in [-0.05, 0) is 41.2 Å². The zero-order chi connectivity index (χ0) is 9.28. The van der Waals surface area contributed by atoms with Gasteiger partial charge in [-0.25, -0.2) is 0 Å². The summed E-state index contributed by atoms with van der Waals surface area (Å²) in [6.07, 6.45) is 0. The average Bonchev–Trinajstić information content (AvgIpc) is 1.56. The summed E-state index contributed by atoms with van der Waals surface area (Å²) < 4.78 is 0. The second-order valence-corrected chi connectivity index (χ2v) is 4.57. The van der Waals surface area contributed by atoms with Crippen LogP contribution in [-0.4, -0.2) is 22.6 Å². The molecule has 0 heterocycles. The highest BCUT2D eigenvalue weighted by Crippen LogP contribution is 2.20. The Morgan fingerprint density at radius 3 is 1.45 bits per heavy atom. The van der Waals surface area contributed by atoms with Crippen LogP contribution in [0.4, 0.5) is 0 Å². The van der Waals surface area contributed by atoms with Crippen LogP contribution in [0.3, 0.4) is 0 Å². The number of nitrogens with zero attached hydrogens (tertiary/aromatic N) is 1. The lowest BCUT2D eigenvalue weighted by molar-refractivity contribution is 0.0368. The minimum absolute atomic E-state index is 0.160. The Morgan fingerprint density at radius 1 is 1.09 bits per heavy atom. The van der Waals surface area contributed by atoms with Gasteiger partial charge >= 0.3 is 0 Å². The largest absolute Gasteiger partial charge is 0.314 e. The van der Waals surface area contributed by atoms with Crippen molar-refractivity contribution in [2.75, 3.05) is 6.54 Å². The van der Waals surface area contributed by atoms with Crippen molar-refractivity contribution in [3.63, 3.8) is 0 Å². The first-order valence-corrected chi connectivity index (χ1v) is 4.26. The zero-order valence-corrected chi connectivity index (χ0v) is 8.73. The lowest BCUT2D eigenvalue weighted by Crippen LogP contribution is -2.58. The number of hydrogen-bond donors (Lipinski definition) is 1. The molecule has 68 valence electrons. The molecule has 2 nitrogen and oxygen atoms in total. The molecule has 0 atom stereocenters. The summed E-state index contributed by atoms with van der Waals surface area (Å²) in [5.41, 5.74) is 5.95. The van der Waals surface area contributed by atoms with Crippen LogP contribution in [0.5, 0.6) is 0 Å². The highest BCUT2D eigenvalue weighted by molar-refractivity contribution is 4.84. The third kappa shape index (κ3) is 3.21. The maximum atomic E-state index is 6.00. The van der Waals surface area contributed by atoms with Gasteiger partial charge in [-0.15, -0.1) is 0 Å². The Hall–Kier alpha value is -0.0800. The predicted molar refractivity (Wildman–Crippen MR) is 50.4 cm³/mol. The smallest absolute Gasteiger partial charge is 0.0633 e. The molecule has 0 saturated heterocycles. The first kappa shape index (κ1) is 10.9. The summed E-state index contributed by atoms with van der Waals surface area (Å²) in [6, 6.07) is 0. The molecule has 11 heavy (non-hydrogen) atoms. The van der Waals surface area contributed by atoms with Gasteiger partial charge in [0.2, 0.25) is 0 Å². The Kier molecular flexibility index (Phi) is 3.09. The lowest BCUT2D eigenvalue weighted by atomic mass is 10.0. The van der Waals surface area contributed by atoms with Crippen molar-refractivity contribution < 1.29 is 0 Å². The van der Waals surface area contributed by atoms with Crippen LogP contribution >= 0.6 is 0 Å². The van der Waals surface area contributed by atoms with Gasteiger partial charge in [0.25, 0.3) is 0 Å². The molecule has 0 spiro atoms. The topological polar surface area (TPSA) is 29.3 Å². The van der Waals surface area contributed by atoms with Gasteiger partial charge < -0.3 is 5.73 Å². The van der Waals surface area contributed by atoms with Crippen molar-refractivity contribution in [3.05, 3.63) is 0 Å². The maximum Gasteiger partial charge on any atom is 0.0633 e. The second kappa shape index (κ2) is 3.11. The minimum atomic E-state index is -0.215. The van der Waals surface area contributed by atoms with E-state index in [-0.39, 0.29) is 11.2 Å². The van der Waals surface area contributed by atoms with Gasteiger partial charge in [0, 0.05) is 5.54 Å². The molecule has 0 rings (SSSR count). The Morgan fingerprint density at radius 2 is 1.45 bits per heavy atom. The Balaban J connectivity index is 4.43. The van der Waals surface area contributed by atoms with Gasteiger partial charge in [0.1, 0.15) is 0 Å². The summed E-state index contributed by atoms with van der Waals surface area (Å²) in [5.74, 6) is 0. The molecule has 0 aromatic carbocycles. The van der Waals surface area contributed by atoms with Crippen molar-refractivity contribution in [1.29, 1.82) is 0 Å². The van der Waals surface area contributed by atoms with Gasteiger partial charge in [-0.2, -0.15) is 0 Å². The first-order valence-electron chi connectivity index (χ1n) is 4.26. The molecule has 0 aliphatic rings. The quantitative estimate of drug-likeness (QED) is 0.621. The van der Waals surface area contributed by atoms with E-state index in [4.69, 9.17) is 5.73 Å². The highest BCUT2D eigenvalue weighted by atomic mass is 15.3. The maximum absolute atomic E-state index is 6.00. The van der Waals surface area contributed by atoms with E-state index < -0.39 is 0 Å². The SMILES string of the molecule is CCN(C(C)(C)C)C(C)(C)N. The number of nitrogens with two attached hydrogens (primary N) is 1. The predicted octanol–water partition coefficient (Wildman–Crippen LogP) is 1.80. The van der Waals surface area contributed by atoms with E-state index in [0.29, 0.717) is 0 Å². The van der Waals surface area contributed by atoms with Crippen LogP contribution in [0.2, 0.25) is 0 Å². The van der Waals surface area contributed by atoms with Crippen molar-refractivity contribution in [3.8, 4) is 0 Å². The second-order valence-electron chi connectivity index (χ2n) is 4.57. The molecule has 0 saturated carbocycles. The van der Waals surface area contributed by atoms with Crippen molar-refractivity contribution in [2.45, 2.75) is 52.7 Å². The van der Waals surface area contributed by atoms with Crippen molar-refractivity contribution in [1.82, 2.24) is 4.90 Å². The van der Waals surface area contributed by atoms with E-state index >= 15 is 0 Å². The molecule has 0 aliphatic carbocycles. The molecule has 0 aromatic heterocycles. The molecule has 0 radical (unpaired) electrons. The van der Waals surface area contributed by atoms with Crippen molar-refractivity contribution in [2.24, 2.45) is 5.73 Å². The summed E-state index contributed by atoms with van der Waals surface area (Å²) >= 11 is 0. The van der Waals surface area contributed by atoms with Gasteiger partial charge in [0.15, 0.2) is 0 Å². The number of hydrogen-bond acceptors (Lipinski definition) is 2. The third-order valence-electron chi connectivity index (χ3n) is 1.82. The average molecular weight is 158 g/mol. The van der Waals surface area contributed by atoms with Crippen LogP contribution in [-0.2, 0) is 0 Å². The monoisotopic (exact) mass is 158 g/mol. The molecule has 0 unspecified atom stereocenters. The van der Waals surface area contributed by atoms with E-state index in [1.807, 2.05) is 13.8 Å². The van der Waals surface area contributed by atoms with E-state index in [1.54, 1.807) is 0 Å². The summed E-state index contributed by atoms with van der Waals surface area (Å²) in [6.45, 7) is 13.8. The highest BCUT2D eigenvalue weighted by Gasteiger charge is 2.29. The fourth-order valence-electron chi connectivity index (χ4n) is 1.75. The molecule has 2 heteroatoms. The number of rotatable bonds is 2. The zero-order valence-electron chi connectivity index (χ0n) is 8.73. The van der Waals surface area contributed by atoms with Crippen LogP contribution < -0.4 is 5.73 Å². The molecule has 0 amide bonds. The van der Waals surface area contributed by atoms with Crippen molar-refractivity contribution >= 4 is 0 Å². The Labute approximate surface area is 70.8 Å². The molecule has 0 aromatic rings. The fraction of sp³-hybridized carbons (Fsp3) is 1.00. The van der Waals surface area contributed by atoms with Crippen LogP contribution in [0.1, 0.15) is 41.5 Å². The van der Waals surface area contributed by atoms with E-state index in [0.717, 1.165) is 6.54 Å². The molecule has 2 N–H and O–H groups in total. The van der Waals surface area contributed by atoms with Gasteiger partial charge in [-0.1, -0.05) is 6.92 Å². The van der Waals surface area contributed by atoms with E-state index in [2.05, 4.69) is 32.6 Å². The lowest BCUT2D eigenvalue weighted by Gasteiger charge is -2.44. The first-order chi connectivity index (χ1) is 4.69. The minimum Gasteiger partial charge on any atom is -0.314 e. The fourth-order valence-corrected chi connectivity index (χ4v) is 1.75. The van der Waals surface area contributed by atoms with Crippen LogP contribution in [0.15, 0.2) is 0 Å². The summed E-state index contributed by atoms with van der Waals surface area (Å²) in [4.78, 5) is 2.28. The van der Waals surface area contributed by atoms with Crippen LogP contribution in [0.25, 0.3) is 0 Å². The normalized spacial score (nSPS) is 14.2. The van der Waals surface area contributed by atoms with Gasteiger partial charge in [0.05, 0.1) is 5.66 Å². The van der Waals surface area contributed by atoms with Gasteiger partial charge in [-0.3, -0.25) is 4.90 Å². The molecule has 0 bridgehead atoms. The molecule has 0 fully saturated rings. The van der Waals surface area contributed by atoms with E-state index in [1.165, 1.54) is 0 Å². The van der Waals surface area contributed by atoms with E-state index in [9.17, 15) is 0 Å². The third-order valence-corrected chi connectivity index (χ3v) is 1.82. The summed E-state index contributed by atoms with van der Waals surface area (Å²) in [7, 11) is 0. The summed E-state index contributed by atoms with van der Waals surface area (Å²) in [5, 5.41) is 0. The molecular weight excluding hydrogens is 136 g/mol. The van der Waals surface area contributed by atoms with Crippen LogP contribution in [0, 0.1) is 0 Å². The Bertz CT molecular complexity index is 103. The standard InChI is InChI=1S/C9H22N2/c1-7-11(8(2,3)4)9(5,6)10/h7,10H2,1-6H3. The molecule has 0 aliphatic heterocycles.